The fourth-order valence-electron chi connectivity index (χ4n) is 16.1. The quantitative estimate of drug-likeness (QED) is 0.0928. The molecule has 0 unspecified atom stereocenters. The fraction of sp³-hybridized carbons (Fsp3) is 0.0769. The molecule has 146 heavy (non-hydrogen) atoms. The summed E-state index contributed by atoms with van der Waals surface area (Å²) in [5, 5.41) is 10.5. The first-order chi connectivity index (χ1) is 68.6. The Hall–Kier alpha value is -15.6. The minimum atomic E-state index is 0. The van der Waals surface area contributed by atoms with Crippen molar-refractivity contribution in [3.63, 3.8) is 0 Å². The van der Waals surface area contributed by atoms with Crippen molar-refractivity contribution in [3.8, 4) is 84.8 Å². The number of aryl methyl sites for hydroxylation is 8. The number of fused-ring (bicyclic) bond motifs is 12. The van der Waals surface area contributed by atoms with Gasteiger partial charge in [-0.2, -0.15) is 0 Å². The number of aromatic nitrogens is 24. The molecule has 24 aromatic heterocycles. The minimum absolute atomic E-state index is 0. The van der Waals surface area contributed by atoms with Gasteiger partial charge in [0.1, 0.15) is 0 Å². The van der Waals surface area contributed by atoms with Crippen molar-refractivity contribution >= 4 is 132 Å². The van der Waals surface area contributed by atoms with Gasteiger partial charge in [0.25, 0.3) is 0 Å². The number of aromatic amines is 1. The zero-order valence-corrected chi connectivity index (χ0v) is 90.4. The van der Waals surface area contributed by atoms with Gasteiger partial charge >= 0.3 is 42.1 Å². The average Bonchev–Trinajstić information content (AvgIpc) is 1.62. The van der Waals surface area contributed by atoms with E-state index in [1.165, 1.54) is 0 Å². The number of imidazole rings is 12. The number of benzene rings is 6. The van der Waals surface area contributed by atoms with Crippen molar-refractivity contribution in [2.45, 2.75) is 0 Å². The van der Waals surface area contributed by atoms with Crippen LogP contribution in [0.2, 0.25) is 0 Å². The first-order valence-electron chi connectivity index (χ1n) is 42.9. The Kier molecular flexibility index (Phi) is 29.2. The van der Waals surface area contributed by atoms with E-state index < -0.39 is 0 Å². The summed E-state index contributed by atoms with van der Waals surface area (Å²) in [4.78, 5) is 35.4. The van der Waals surface area contributed by atoms with Crippen LogP contribution < -0.4 is 18.3 Å². The van der Waals surface area contributed by atoms with Gasteiger partial charge in [-0.15, -0.1) is 61.2 Å². The van der Waals surface area contributed by atoms with Crippen LogP contribution in [0, 0.1) is 99.7 Å². The summed E-state index contributed by atoms with van der Waals surface area (Å²) in [6, 6.07) is 33.5. The van der Waals surface area contributed by atoms with Gasteiger partial charge in [-0.1, -0.05) is 109 Å². The molecule has 0 aliphatic carbocycles. The number of hydrogen-bond acceptors (Lipinski definition) is 20. The van der Waals surface area contributed by atoms with E-state index in [0.29, 0.717) is 44.7 Å². The summed E-state index contributed by atoms with van der Waals surface area (Å²) >= 11 is 0. The summed E-state index contributed by atoms with van der Waals surface area (Å²) in [7, 11) is 15.3. The maximum absolute atomic E-state index is 5.67. The number of H-pyrrole nitrogens is 1. The monoisotopic (exact) mass is 3010 g/mol. The van der Waals surface area contributed by atoms with Crippen molar-refractivity contribution in [1.29, 1.82) is 0 Å². The third-order valence-electron chi connectivity index (χ3n) is 22.8. The maximum atomic E-state index is 5.67. The molecule has 30 aromatic rings. The van der Waals surface area contributed by atoms with Gasteiger partial charge in [-0.05, 0) is 89.5 Å². The normalized spacial score (nSPS) is 11.1. The van der Waals surface area contributed by atoms with Crippen molar-refractivity contribution in [3.05, 3.63) is 354 Å². The van der Waals surface area contributed by atoms with Crippen LogP contribution in [0.25, 0.3) is 216 Å². The summed E-state index contributed by atoms with van der Waals surface area (Å²) in [5.41, 5.74) is 21.6. The summed E-state index contributed by atoms with van der Waals surface area (Å²) in [5.74, 6) is 0. The zero-order chi connectivity index (χ0) is 94.3. The first-order valence-corrected chi connectivity index (χ1v) is 42.9. The molecule has 0 spiro atoms. The van der Waals surface area contributed by atoms with Crippen LogP contribution >= 0.6 is 0 Å². The Morgan fingerprint density at radius 1 is 0.288 bits per heavy atom. The SMILES string of the molecule is C[n+]1[c-]n(-c2coc3cc4occ(-n5[c-]ncc5)c4[c-]c23)cc1.C[n+]1[c-]n(-c2coc3cc4occc4[c-]c23)cc1.Cn1[c-]nc(-c2coc3cc4occ(-n5[c-][n+](C)cc5)c4[c-]c23)c1.Cn1[c-]nc(-c2coc3cc4occ(-n5[c-][n+](C)cc5)c4[c-]c23)c1.Cn1cnc(-c2coc3cc4occ(-n5[c-]ncc5)c4[c-]c23)c1.Cn1cnc(-c2coc3cc4occ(-n5[c-]ncc5)c4[c-]c23)c1.[Pt+2].[Pt+2].[Pt].[Pt].[Pt].[Pt].[c-]1ncc[nH]1. The molecule has 0 amide bonds. The number of furan rings is 12. The maximum Gasteiger partial charge on any atom is 2.00 e. The molecule has 0 radical (unpaired) electrons. The second-order valence-corrected chi connectivity index (χ2v) is 32.3. The molecule has 0 bridgehead atoms. The smallest absolute Gasteiger partial charge is 0.508 e. The van der Waals surface area contributed by atoms with Crippen LogP contribution in [0.1, 0.15) is 0 Å². The van der Waals surface area contributed by atoms with Crippen LogP contribution in [0.15, 0.2) is 307 Å². The molecule has 0 saturated carbocycles. The third-order valence-corrected chi connectivity index (χ3v) is 22.8. The van der Waals surface area contributed by atoms with E-state index in [0.717, 1.165) is 172 Å². The molecule has 0 atom stereocenters. The molecule has 30 rings (SSSR count). The van der Waals surface area contributed by atoms with E-state index in [1.807, 2.05) is 237 Å². The second-order valence-electron chi connectivity index (χ2n) is 32.3. The van der Waals surface area contributed by atoms with Crippen LogP contribution in [-0.4, -0.2) is 95.1 Å². The van der Waals surface area contributed by atoms with Gasteiger partial charge in [-0.3, -0.25) is 0 Å². The van der Waals surface area contributed by atoms with Gasteiger partial charge in [0.2, 0.25) is 25.3 Å². The van der Waals surface area contributed by atoms with Gasteiger partial charge in [0.15, 0.2) is 0 Å². The summed E-state index contributed by atoms with van der Waals surface area (Å²) in [6.07, 6.45) is 90.1. The molecule has 742 valence electrons. The summed E-state index contributed by atoms with van der Waals surface area (Å²) < 4.78 is 95.0. The Bertz CT molecular complexity index is 8850. The molecule has 42 heteroatoms. The van der Waals surface area contributed by atoms with Crippen LogP contribution in [0.4, 0.5) is 0 Å². The standard InChI is InChI=1S/2C18H12N4O2.3C17H10N4O2.C14H9N2O2.C3H3N2.6Pt/c2*1-20-3-4-22(11-20)16-9-24-18-6-17-12(5-13(16)18)14(8-23-17)15-7-21(2)10-19-15;2*1-20-6-14(19-10-20)13-7-22-16-5-17-12(4-11(13)16)15(8-23-17)21-3-2-18-9-21;1-19-4-5-21(11-19)15-9-23-17-7-16-12(6-13(15)17)14(8-22-16)20-3-2-18-10-20;1-15-3-4-16(9-15)12-8-18-14-7-13-10(2-5-17-13)6-11(12)14;1-2-5-3-4-1;;;;;;/h2*3-4,6-9H,1-2H3;2*2-3,5-8,10H,1H3;2-5,7-9H,1H3;2-5,7-8H,1H3;1-2H,(H,4,5);;;;;;/q5*-2;2*-1;;;;;2*+2. The molecule has 36 nitrogen and oxygen atoms in total. The first kappa shape index (κ1) is 101. The molecule has 24 heterocycles. The third kappa shape index (κ3) is 19.5. The molecule has 0 aliphatic heterocycles. The number of nitrogens with zero attached hydrogens (tertiary/aromatic N) is 23. The Morgan fingerprint density at radius 3 is 0.815 bits per heavy atom. The molecule has 0 aliphatic rings. The van der Waals surface area contributed by atoms with Crippen molar-refractivity contribution < 1.29 is 198 Å². The predicted octanol–water partition coefficient (Wildman–Crippen LogP) is 16.9. The number of rotatable bonds is 11. The minimum Gasteiger partial charge on any atom is -0.508 e. The molecule has 0 fully saturated rings. The van der Waals surface area contributed by atoms with Gasteiger partial charge in [-0.25, -0.2) is 9.97 Å². The van der Waals surface area contributed by atoms with E-state index in [4.69, 9.17) is 53.0 Å². The molecular weight excluding hydrogens is 2950 g/mol. The summed E-state index contributed by atoms with van der Waals surface area (Å²) in [6.45, 7) is 0. The second kappa shape index (κ2) is 42.4. The van der Waals surface area contributed by atoms with Crippen LogP contribution in [0.3, 0.4) is 0 Å². The van der Waals surface area contributed by atoms with Gasteiger partial charge < -0.3 is 156 Å². The molecule has 1 N–H and O–H groups in total. The van der Waals surface area contributed by atoms with Crippen LogP contribution in [0.5, 0.6) is 0 Å². The Labute approximate surface area is 911 Å². The molecule has 6 aromatic carbocycles. The Morgan fingerprint density at radius 2 is 0.568 bits per heavy atom. The van der Waals surface area contributed by atoms with Crippen LogP contribution in [-0.2, 0) is 183 Å². The predicted molar refractivity (Wildman–Crippen MR) is 498 cm³/mol. The van der Waals surface area contributed by atoms with Gasteiger partial charge in [0, 0.05) is 228 Å². The number of hydrogen-bond donors (Lipinski definition) is 1. The van der Waals surface area contributed by atoms with Crippen molar-refractivity contribution in [1.82, 2.24) is 95.1 Å². The fourth-order valence-corrected chi connectivity index (χ4v) is 16.1. The van der Waals surface area contributed by atoms with E-state index in [-0.39, 0.29) is 126 Å². The Balaban J connectivity index is 0.000000113. The van der Waals surface area contributed by atoms with Gasteiger partial charge in [0.05, 0.1) is 198 Å². The van der Waals surface area contributed by atoms with E-state index >= 15 is 0 Å². The van der Waals surface area contributed by atoms with E-state index in [2.05, 4.69) is 145 Å². The average molecular weight is 3010 g/mol. The zero-order valence-electron chi connectivity index (χ0n) is 76.8. The van der Waals surface area contributed by atoms with E-state index in [9.17, 15) is 0 Å². The number of nitrogens with one attached hydrogen (secondary N) is 1. The molecule has 0 saturated heterocycles. The van der Waals surface area contributed by atoms with Crippen molar-refractivity contribution in [2.24, 2.45) is 56.4 Å². The largest absolute Gasteiger partial charge is 2.00 e. The topological polar surface area (TPSA) is 346 Å². The van der Waals surface area contributed by atoms with Crippen molar-refractivity contribution in [2.75, 3.05) is 0 Å². The molecular formula is C104H66N24O12Pt6-8. The van der Waals surface area contributed by atoms with E-state index in [1.54, 1.807) is 142 Å².